The summed E-state index contributed by atoms with van der Waals surface area (Å²) >= 11 is 0. The van der Waals surface area contributed by atoms with Crippen LogP contribution in [0.2, 0.25) is 0 Å². The second-order valence-electron chi connectivity index (χ2n) is 7.90. The molecule has 0 bridgehead atoms. The van der Waals surface area contributed by atoms with E-state index < -0.39 is 16.0 Å². The van der Waals surface area contributed by atoms with E-state index in [2.05, 4.69) is 16.5 Å². The molecule has 0 amide bonds. The number of aryl methyl sites for hydroxylation is 1. The molecule has 0 unspecified atom stereocenters. The lowest BCUT2D eigenvalue weighted by atomic mass is 9.90. The van der Waals surface area contributed by atoms with Crippen LogP contribution in [0.15, 0.2) is 17.0 Å². The van der Waals surface area contributed by atoms with Crippen LogP contribution in [0.3, 0.4) is 0 Å². The Morgan fingerprint density at radius 2 is 1.89 bits per heavy atom. The van der Waals surface area contributed by atoms with E-state index in [1.54, 1.807) is 6.07 Å². The number of halogens is 1. The van der Waals surface area contributed by atoms with Crippen LogP contribution in [-0.4, -0.2) is 50.6 Å². The summed E-state index contributed by atoms with van der Waals surface area (Å²) < 4.78 is 28.4. The van der Waals surface area contributed by atoms with Gasteiger partial charge in [-0.25, -0.2) is 17.9 Å². The van der Waals surface area contributed by atoms with Crippen LogP contribution in [0, 0.1) is 5.92 Å². The van der Waals surface area contributed by atoms with Gasteiger partial charge in [-0.15, -0.1) is 12.4 Å². The van der Waals surface area contributed by atoms with Crippen LogP contribution in [0.25, 0.3) is 0 Å². The van der Waals surface area contributed by atoms with Crippen molar-refractivity contribution in [2.75, 3.05) is 26.2 Å². The second-order valence-corrected chi connectivity index (χ2v) is 9.64. The lowest BCUT2D eigenvalue weighted by Gasteiger charge is -2.30. The van der Waals surface area contributed by atoms with E-state index in [9.17, 15) is 18.3 Å². The summed E-state index contributed by atoms with van der Waals surface area (Å²) in [5.41, 5.74) is 1.71. The number of likely N-dealkylation sites (tertiary alicyclic amines) is 1. The number of sulfonamides is 1. The molecular weight excluding hydrogens is 400 g/mol. The summed E-state index contributed by atoms with van der Waals surface area (Å²) in [6, 6.07) is 2.95. The fourth-order valence-electron chi connectivity index (χ4n) is 4.06. The van der Waals surface area contributed by atoms with Gasteiger partial charge in [-0.05, 0) is 93.8 Å². The Morgan fingerprint density at radius 1 is 1.21 bits per heavy atom. The number of carbonyl (C=O) groups is 1. The summed E-state index contributed by atoms with van der Waals surface area (Å²) in [6.45, 7) is 5.71. The zero-order valence-corrected chi connectivity index (χ0v) is 18.1. The first-order valence-electron chi connectivity index (χ1n) is 9.98. The molecule has 2 aliphatic rings. The molecule has 2 N–H and O–H groups in total. The standard InChI is InChI=1S/C20H30N2O4S.ClH/c1-15-7-11-22(12-8-15)10-4-9-21-27(25,26)19-14-17(20(23)24)13-16-5-2-3-6-18(16)19;/h13-15,21H,2-12H2,1H3,(H,23,24);1H. The molecule has 28 heavy (non-hydrogen) atoms. The highest BCUT2D eigenvalue weighted by atomic mass is 35.5. The molecule has 1 fully saturated rings. The predicted molar refractivity (Wildman–Crippen MR) is 112 cm³/mol. The number of benzene rings is 1. The van der Waals surface area contributed by atoms with Gasteiger partial charge in [0.2, 0.25) is 10.0 Å². The van der Waals surface area contributed by atoms with Crippen LogP contribution in [0.4, 0.5) is 0 Å². The number of carboxylic acid groups (broad SMARTS) is 1. The number of hydrogen-bond donors (Lipinski definition) is 2. The van der Waals surface area contributed by atoms with Crippen LogP contribution < -0.4 is 4.72 Å². The van der Waals surface area contributed by atoms with Crippen molar-refractivity contribution in [2.45, 2.75) is 56.8 Å². The topological polar surface area (TPSA) is 86.7 Å². The van der Waals surface area contributed by atoms with Gasteiger partial charge in [0.1, 0.15) is 0 Å². The molecule has 8 heteroatoms. The van der Waals surface area contributed by atoms with Gasteiger partial charge < -0.3 is 10.0 Å². The molecule has 1 heterocycles. The van der Waals surface area contributed by atoms with Crippen molar-refractivity contribution in [1.82, 2.24) is 9.62 Å². The van der Waals surface area contributed by atoms with E-state index in [0.29, 0.717) is 13.0 Å². The van der Waals surface area contributed by atoms with Crippen molar-refractivity contribution in [3.05, 3.63) is 28.8 Å². The fourth-order valence-corrected chi connectivity index (χ4v) is 5.47. The number of carboxylic acids is 1. The number of piperidine rings is 1. The Morgan fingerprint density at radius 3 is 2.57 bits per heavy atom. The summed E-state index contributed by atoms with van der Waals surface area (Å²) in [6.07, 6.45) is 6.52. The number of aromatic carboxylic acids is 1. The van der Waals surface area contributed by atoms with Gasteiger partial charge in [-0.1, -0.05) is 6.92 Å². The fraction of sp³-hybridized carbons (Fsp3) is 0.650. The Hall–Kier alpha value is -1.15. The van der Waals surface area contributed by atoms with Gasteiger partial charge in [-0.3, -0.25) is 0 Å². The normalized spacial score (nSPS) is 18.3. The third kappa shape index (κ3) is 5.69. The van der Waals surface area contributed by atoms with Crippen LogP contribution >= 0.6 is 12.4 Å². The predicted octanol–water partition coefficient (Wildman–Crippen LogP) is 3.09. The quantitative estimate of drug-likeness (QED) is 0.649. The van der Waals surface area contributed by atoms with Gasteiger partial charge in [0.15, 0.2) is 0 Å². The number of hydrogen-bond acceptors (Lipinski definition) is 4. The highest BCUT2D eigenvalue weighted by Crippen LogP contribution is 2.29. The maximum atomic E-state index is 12.9. The lowest BCUT2D eigenvalue weighted by molar-refractivity contribution is 0.0696. The monoisotopic (exact) mass is 430 g/mol. The van der Waals surface area contributed by atoms with Crippen molar-refractivity contribution in [2.24, 2.45) is 5.92 Å². The van der Waals surface area contributed by atoms with Gasteiger partial charge in [0.05, 0.1) is 10.5 Å². The van der Waals surface area contributed by atoms with Gasteiger partial charge in [-0.2, -0.15) is 0 Å². The molecule has 1 aromatic carbocycles. The molecule has 0 spiro atoms. The Labute approximate surface area is 174 Å². The van der Waals surface area contributed by atoms with Crippen molar-refractivity contribution in [3.63, 3.8) is 0 Å². The lowest BCUT2D eigenvalue weighted by Crippen LogP contribution is -2.35. The van der Waals surface area contributed by atoms with E-state index in [1.807, 2.05) is 0 Å². The molecule has 1 saturated heterocycles. The number of nitrogens with zero attached hydrogens (tertiary/aromatic N) is 1. The molecule has 1 aromatic rings. The Kier molecular flexibility index (Phi) is 8.30. The zero-order chi connectivity index (χ0) is 19.4. The molecular formula is C20H31ClN2O4S. The molecule has 3 rings (SSSR count). The molecule has 6 nitrogen and oxygen atoms in total. The first-order valence-corrected chi connectivity index (χ1v) is 11.5. The third-order valence-electron chi connectivity index (χ3n) is 5.78. The molecule has 0 aromatic heterocycles. The SMILES string of the molecule is CC1CCN(CCCNS(=O)(=O)c2cc(C(=O)O)cc3c2CCCC3)CC1.Cl. The van der Waals surface area contributed by atoms with E-state index >= 15 is 0 Å². The summed E-state index contributed by atoms with van der Waals surface area (Å²) in [5, 5.41) is 9.33. The minimum atomic E-state index is -3.70. The summed E-state index contributed by atoms with van der Waals surface area (Å²) in [7, 11) is -3.70. The van der Waals surface area contributed by atoms with E-state index in [0.717, 1.165) is 62.4 Å². The first kappa shape index (κ1) is 23.1. The summed E-state index contributed by atoms with van der Waals surface area (Å²) in [4.78, 5) is 14.0. The highest BCUT2D eigenvalue weighted by molar-refractivity contribution is 7.89. The summed E-state index contributed by atoms with van der Waals surface area (Å²) in [5.74, 6) is -0.299. The van der Waals surface area contributed by atoms with Gasteiger partial charge >= 0.3 is 5.97 Å². The van der Waals surface area contributed by atoms with E-state index in [4.69, 9.17) is 0 Å². The van der Waals surface area contributed by atoms with Gasteiger partial charge in [0, 0.05) is 6.54 Å². The van der Waals surface area contributed by atoms with Crippen LogP contribution in [0.5, 0.6) is 0 Å². The minimum absolute atomic E-state index is 0. The smallest absolute Gasteiger partial charge is 0.335 e. The largest absolute Gasteiger partial charge is 0.478 e. The van der Waals surface area contributed by atoms with E-state index in [-0.39, 0.29) is 22.9 Å². The number of nitrogens with one attached hydrogen (secondary N) is 1. The van der Waals surface area contributed by atoms with Crippen LogP contribution in [-0.2, 0) is 22.9 Å². The first-order chi connectivity index (χ1) is 12.9. The average Bonchev–Trinajstić information content (AvgIpc) is 2.65. The van der Waals surface area contributed by atoms with Crippen molar-refractivity contribution < 1.29 is 18.3 Å². The Bertz CT molecular complexity index is 790. The average molecular weight is 431 g/mol. The zero-order valence-electron chi connectivity index (χ0n) is 16.4. The van der Waals surface area contributed by atoms with Crippen LogP contribution in [0.1, 0.15) is 60.5 Å². The third-order valence-corrected chi connectivity index (χ3v) is 7.31. The molecule has 1 aliphatic carbocycles. The van der Waals surface area contributed by atoms with Crippen molar-refractivity contribution in [1.29, 1.82) is 0 Å². The molecule has 1 aliphatic heterocycles. The van der Waals surface area contributed by atoms with Crippen molar-refractivity contribution >= 4 is 28.4 Å². The molecule has 158 valence electrons. The number of rotatable bonds is 7. The van der Waals surface area contributed by atoms with E-state index in [1.165, 1.54) is 18.9 Å². The highest BCUT2D eigenvalue weighted by Gasteiger charge is 2.25. The maximum absolute atomic E-state index is 12.9. The second kappa shape index (κ2) is 10.1. The number of fused-ring (bicyclic) bond motifs is 1. The maximum Gasteiger partial charge on any atom is 0.335 e. The van der Waals surface area contributed by atoms with Crippen molar-refractivity contribution in [3.8, 4) is 0 Å². The molecule has 0 atom stereocenters. The molecule has 0 radical (unpaired) electrons. The minimum Gasteiger partial charge on any atom is -0.478 e. The Balaban J connectivity index is 0.00000280. The van der Waals surface area contributed by atoms with Gasteiger partial charge in [0.25, 0.3) is 0 Å². The molecule has 0 saturated carbocycles.